The van der Waals surface area contributed by atoms with E-state index < -0.39 is 49.0 Å². The Hall–Kier alpha value is -2.78. The molecule has 0 bridgehead atoms. The second-order valence-electron chi connectivity index (χ2n) is 11.9. The summed E-state index contributed by atoms with van der Waals surface area (Å²) in [6.07, 6.45) is -3.51. The van der Waals surface area contributed by atoms with E-state index in [1.165, 1.54) is 11.8 Å². The molecule has 13 heteroatoms. The number of ether oxygens (including phenoxy) is 9. The summed E-state index contributed by atoms with van der Waals surface area (Å²) in [5.41, 5.74) is 2.43. The van der Waals surface area contributed by atoms with Gasteiger partial charge < -0.3 is 52.8 Å². The summed E-state index contributed by atoms with van der Waals surface area (Å²) in [4.78, 5) is 13.8. The van der Waals surface area contributed by atoms with Gasteiger partial charge in [-0.05, 0) is 60.6 Å². The molecular formula is C32H38O12S. The average molecular weight is 647 g/mol. The summed E-state index contributed by atoms with van der Waals surface area (Å²) in [7, 11) is 3.14. The maximum absolute atomic E-state index is 13.8. The van der Waals surface area contributed by atoms with Crippen molar-refractivity contribution in [3.05, 3.63) is 41.0 Å². The first-order chi connectivity index (χ1) is 21.8. The third-order valence-electron chi connectivity index (χ3n) is 9.45. The van der Waals surface area contributed by atoms with Crippen molar-refractivity contribution < 1.29 is 57.6 Å². The first-order valence-corrected chi connectivity index (χ1v) is 16.5. The first-order valence-electron chi connectivity index (χ1n) is 15.1. The summed E-state index contributed by atoms with van der Waals surface area (Å²) < 4.78 is 53.1. The number of hydrogen-bond acceptors (Lipinski definition) is 13. The summed E-state index contributed by atoms with van der Waals surface area (Å²) in [5, 5.41) is 22.1. The Kier molecular flexibility index (Phi) is 8.53. The van der Waals surface area contributed by atoms with Crippen LogP contribution in [-0.4, -0.2) is 92.8 Å². The average Bonchev–Trinajstić information content (AvgIpc) is 3.67. The number of ketones is 1. The number of aliphatic hydroxyl groups excluding tert-OH is 2. The van der Waals surface area contributed by atoms with Gasteiger partial charge in [-0.25, -0.2) is 0 Å². The topological polar surface area (TPSA) is 141 Å². The van der Waals surface area contributed by atoms with Crippen LogP contribution < -0.4 is 23.7 Å². The normalized spacial score (nSPS) is 34.9. The molecule has 3 aliphatic heterocycles. The van der Waals surface area contributed by atoms with Gasteiger partial charge in [0.15, 0.2) is 35.6 Å². The number of thioether (sulfide) groups is 1. The second kappa shape index (κ2) is 12.4. The smallest absolute Gasteiger partial charge is 0.231 e. The van der Waals surface area contributed by atoms with Gasteiger partial charge in [0.1, 0.15) is 36.1 Å². The van der Waals surface area contributed by atoms with Crippen LogP contribution in [0.5, 0.6) is 28.7 Å². The maximum Gasteiger partial charge on any atom is 0.231 e. The van der Waals surface area contributed by atoms with Crippen molar-refractivity contribution in [3.63, 3.8) is 0 Å². The molecule has 3 heterocycles. The van der Waals surface area contributed by atoms with Crippen LogP contribution in [0.2, 0.25) is 0 Å². The highest BCUT2D eigenvalue weighted by atomic mass is 32.2. The molecule has 10 atom stereocenters. The van der Waals surface area contributed by atoms with Crippen LogP contribution in [0.3, 0.4) is 0 Å². The number of Topliss-reactive ketones (excluding diaryl/α,β-unsaturated/α-hetero) is 1. The minimum Gasteiger partial charge on any atom is -0.493 e. The number of benzene rings is 2. The third-order valence-corrected chi connectivity index (χ3v) is 9.81. The van der Waals surface area contributed by atoms with Crippen molar-refractivity contribution in [3.8, 4) is 28.7 Å². The molecule has 1 saturated carbocycles. The highest BCUT2D eigenvalue weighted by Gasteiger charge is 2.54. The van der Waals surface area contributed by atoms with Gasteiger partial charge in [-0.2, -0.15) is 0 Å². The van der Waals surface area contributed by atoms with Crippen molar-refractivity contribution in [1.29, 1.82) is 0 Å². The van der Waals surface area contributed by atoms with Gasteiger partial charge in [0.2, 0.25) is 12.5 Å². The molecule has 2 aliphatic carbocycles. The summed E-state index contributed by atoms with van der Waals surface area (Å²) in [6.45, 7) is 1.98. The largest absolute Gasteiger partial charge is 0.493 e. The molecule has 244 valence electrons. The molecule has 0 amide bonds. The van der Waals surface area contributed by atoms with Crippen LogP contribution >= 0.6 is 11.8 Å². The SMILES string of the molecule is COc1cc([C@@H]2c3cc4c(cc3C(OC3O[C@@H]5COC(C)OC5C(O)C3O)[C@H]3CCC(=O)[C@H]23)OCO4)cc(OC)c1OCSC. The molecule has 12 nitrogen and oxygen atoms in total. The fraction of sp³-hybridized carbons (Fsp3) is 0.594. The standard InChI is InChI=1S/C32H38O12S/c1-14-38-11-24-31(42-14)27(34)28(35)32(43-24)44-29-16-5-6-19(33)26(16)25(17-9-20-21(10-18(17)29)40-12-39-20)15-7-22(36-2)30(41-13-45-4)23(8-15)37-3/h7-10,14,16,24-29,31-32,34-35H,5-6,11-13H2,1-4H3/t14?,16-,24+,25+,26+,27?,28?,29?,31?,32?/m0/s1. The Morgan fingerprint density at radius 3 is 2.38 bits per heavy atom. The third kappa shape index (κ3) is 5.32. The predicted molar refractivity (Wildman–Crippen MR) is 159 cm³/mol. The van der Waals surface area contributed by atoms with Crippen LogP contribution in [0, 0.1) is 11.8 Å². The number of methoxy groups -OCH3 is 2. The van der Waals surface area contributed by atoms with E-state index in [-0.39, 0.29) is 31.0 Å². The molecule has 7 rings (SSSR count). The van der Waals surface area contributed by atoms with Crippen molar-refractivity contribution >= 4 is 17.5 Å². The Morgan fingerprint density at radius 2 is 1.69 bits per heavy atom. The Balaban J connectivity index is 1.31. The molecule has 2 aromatic rings. The van der Waals surface area contributed by atoms with Crippen molar-refractivity contribution in [1.82, 2.24) is 0 Å². The van der Waals surface area contributed by atoms with Crippen molar-refractivity contribution in [2.24, 2.45) is 11.8 Å². The summed E-state index contributed by atoms with van der Waals surface area (Å²) >= 11 is 1.53. The molecule has 0 radical (unpaired) electrons. The van der Waals surface area contributed by atoms with E-state index in [0.717, 1.165) is 16.7 Å². The van der Waals surface area contributed by atoms with Crippen molar-refractivity contribution in [2.45, 2.75) is 68.8 Å². The van der Waals surface area contributed by atoms with E-state index in [2.05, 4.69) is 0 Å². The van der Waals surface area contributed by atoms with Gasteiger partial charge in [-0.1, -0.05) is 0 Å². The lowest BCUT2D eigenvalue weighted by atomic mass is 9.66. The fourth-order valence-electron chi connectivity index (χ4n) is 7.44. The van der Waals surface area contributed by atoms with Gasteiger partial charge in [0.05, 0.1) is 26.9 Å². The molecule has 2 N–H and O–H groups in total. The van der Waals surface area contributed by atoms with Gasteiger partial charge in [-0.3, -0.25) is 4.79 Å². The van der Waals surface area contributed by atoms with E-state index in [1.54, 1.807) is 21.1 Å². The number of rotatable bonds is 8. The molecule has 5 aliphatic rings. The van der Waals surface area contributed by atoms with E-state index in [9.17, 15) is 15.0 Å². The lowest BCUT2D eigenvalue weighted by Gasteiger charge is -2.48. The van der Waals surface area contributed by atoms with Crippen LogP contribution in [0.25, 0.3) is 0 Å². The molecule has 2 saturated heterocycles. The molecule has 0 aromatic heterocycles. The maximum atomic E-state index is 13.8. The minimum atomic E-state index is -1.38. The number of fused-ring (bicyclic) bond motifs is 4. The number of aliphatic hydroxyl groups is 2. The van der Waals surface area contributed by atoms with E-state index in [1.807, 2.05) is 30.5 Å². The zero-order valence-electron chi connectivity index (χ0n) is 25.5. The quantitative estimate of drug-likeness (QED) is 0.406. The minimum absolute atomic E-state index is 0.0709. The first kappa shape index (κ1) is 30.9. The van der Waals surface area contributed by atoms with E-state index >= 15 is 0 Å². The van der Waals surface area contributed by atoms with Crippen LogP contribution in [-0.2, 0) is 23.7 Å². The number of hydrogen-bond donors (Lipinski definition) is 2. The van der Waals surface area contributed by atoms with Gasteiger partial charge in [0.25, 0.3) is 0 Å². The molecule has 45 heavy (non-hydrogen) atoms. The summed E-state index contributed by atoms with van der Waals surface area (Å²) in [6, 6.07) is 7.60. The van der Waals surface area contributed by atoms with E-state index in [0.29, 0.717) is 47.5 Å². The zero-order valence-corrected chi connectivity index (χ0v) is 26.3. The second-order valence-corrected chi connectivity index (χ2v) is 12.7. The number of carbonyl (C=O) groups is 1. The molecule has 0 spiro atoms. The van der Waals surface area contributed by atoms with Crippen LogP contribution in [0.1, 0.15) is 48.5 Å². The van der Waals surface area contributed by atoms with Gasteiger partial charge in [0, 0.05) is 24.2 Å². The molecular weight excluding hydrogens is 608 g/mol. The van der Waals surface area contributed by atoms with Gasteiger partial charge >= 0.3 is 0 Å². The highest BCUT2D eigenvalue weighted by Crippen LogP contribution is 2.58. The lowest BCUT2D eigenvalue weighted by molar-refractivity contribution is -0.364. The zero-order chi connectivity index (χ0) is 31.4. The Bertz CT molecular complexity index is 1410. The van der Waals surface area contributed by atoms with Crippen molar-refractivity contribution in [2.75, 3.05) is 39.8 Å². The van der Waals surface area contributed by atoms with Crippen LogP contribution in [0.15, 0.2) is 24.3 Å². The lowest BCUT2D eigenvalue weighted by Crippen LogP contribution is -2.63. The Morgan fingerprint density at radius 1 is 0.978 bits per heavy atom. The summed E-state index contributed by atoms with van der Waals surface area (Å²) in [5.74, 6) is 2.01. The molecule has 2 aromatic carbocycles. The van der Waals surface area contributed by atoms with Crippen LogP contribution in [0.4, 0.5) is 0 Å². The molecule has 3 fully saturated rings. The number of carbonyl (C=O) groups excluding carboxylic acids is 1. The highest BCUT2D eigenvalue weighted by molar-refractivity contribution is 7.98. The van der Waals surface area contributed by atoms with Gasteiger partial charge in [-0.15, -0.1) is 11.8 Å². The Labute approximate surface area is 265 Å². The monoisotopic (exact) mass is 646 g/mol. The molecule has 6 unspecified atom stereocenters. The fourth-order valence-corrected chi connectivity index (χ4v) is 7.67. The van der Waals surface area contributed by atoms with E-state index in [4.69, 9.17) is 42.6 Å². The predicted octanol–water partition coefficient (Wildman–Crippen LogP) is 3.14.